The number of aromatic hydroxyl groups is 1. The SMILES string of the molecule is CC(NC(C)c1cc(F)cc(F)c1)c1cccc(O)c1. The molecule has 106 valence electrons. The van der Waals surface area contributed by atoms with Crippen LogP contribution in [-0.2, 0) is 0 Å². The molecule has 0 aliphatic carbocycles. The van der Waals surface area contributed by atoms with E-state index in [-0.39, 0.29) is 17.8 Å². The summed E-state index contributed by atoms with van der Waals surface area (Å²) in [6.07, 6.45) is 0. The molecule has 0 saturated heterocycles. The first-order valence-corrected chi connectivity index (χ1v) is 6.46. The zero-order valence-electron chi connectivity index (χ0n) is 11.4. The summed E-state index contributed by atoms with van der Waals surface area (Å²) in [6.45, 7) is 3.77. The fraction of sp³-hybridized carbons (Fsp3) is 0.250. The molecule has 0 aliphatic rings. The zero-order valence-corrected chi connectivity index (χ0v) is 11.4. The maximum absolute atomic E-state index is 13.2. The summed E-state index contributed by atoms with van der Waals surface area (Å²) in [6, 6.07) is 10.1. The van der Waals surface area contributed by atoms with E-state index >= 15 is 0 Å². The molecule has 2 nitrogen and oxygen atoms in total. The first-order valence-electron chi connectivity index (χ1n) is 6.46. The van der Waals surface area contributed by atoms with Gasteiger partial charge in [-0.05, 0) is 49.2 Å². The third-order valence-corrected chi connectivity index (χ3v) is 3.26. The minimum Gasteiger partial charge on any atom is -0.508 e. The van der Waals surface area contributed by atoms with Crippen LogP contribution in [0.5, 0.6) is 5.75 Å². The summed E-state index contributed by atoms with van der Waals surface area (Å²) in [4.78, 5) is 0. The van der Waals surface area contributed by atoms with Crippen molar-refractivity contribution in [2.45, 2.75) is 25.9 Å². The number of hydrogen-bond donors (Lipinski definition) is 2. The van der Waals surface area contributed by atoms with Crippen LogP contribution < -0.4 is 5.32 Å². The number of phenolic OH excluding ortho intramolecular Hbond substituents is 1. The van der Waals surface area contributed by atoms with Crippen LogP contribution in [0.3, 0.4) is 0 Å². The van der Waals surface area contributed by atoms with Crippen molar-refractivity contribution in [2.24, 2.45) is 0 Å². The molecule has 2 atom stereocenters. The number of phenols is 1. The van der Waals surface area contributed by atoms with Gasteiger partial charge in [0.05, 0.1) is 0 Å². The Labute approximate surface area is 117 Å². The maximum atomic E-state index is 13.2. The van der Waals surface area contributed by atoms with Crippen molar-refractivity contribution in [3.05, 3.63) is 65.2 Å². The predicted molar refractivity (Wildman–Crippen MR) is 74.4 cm³/mol. The van der Waals surface area contributed by atoms with E-state index in [1.807, 2.05) is 19.9 Å². The van der Waals surface area contributed by atoms with Crippen molar-refractivity contribution in [2.75, 3.05) is 0 Å². The maximum Gasteiger partial charge on any atom is 0.126 e. The van der Waals surface area contributed by atoms with Crippen molar-refractivity contribution in [1.82, 2.24) is 5.32 Å². The van der Waals surface area contributed by atoms with Gasteiger partial charge in [0.1, 0.15) is 17.4 Å². The Balaban J connectivity index is 2.12. The lowest BCUT2D eigenvalue weighted by atomic mass is 10.0. The predicted octanol–water partition coefficient (Wildman–Crippen LogP) is 4.08. The van der Waals surface area contributed by atoms with Gasteiger partial charge in [0.2, 0.25) is 0 Å². The van der Waals surface area contributed by atoms with Crippen molar-refractivity contribution >= 4 is 0 Å². The van der Waals surface area contributed by atoms with E-state index in [9.17, 15) is 13.9 Å². The molecule has 0 bridgehead atoms. The van der Waals surface area contributed by atoms with Crippen LogP contribution in [-0.4, -0.2) is 5.11 Å². The number of hydrogen-bond acceptors (Lipinski definition) is 2. The van der Waals surface area contributed by atoms with Crippen LogP contribution in [0, 0.1) is 11.6 Å². The summed E-state index contributed by atoms with van der Waals surface area (Å²) in [7, 11) is 0. The molecule has 20 heavy (non-hydrogen) atoms. The highest BCUT2D eigenvalue weighted by Gasteiger charge is 2.13. The van der Waals surface area contributed by atoms with Crippen molar-refractivity contribution in [1.29, 1.82) is 0 Å². The molecule has 0 spiro atoms. The van der Waals surface area contributed by atoms with E-state index in [1.54, 1.807) is 18.2 Å². The fourth-order valence-electron chi connectivity index (χ4n) is 2.19. The van der Waals surface area contributed by atoms with Gasteiger partial charge in [0.15, 0.2) is 0 Å². The van der Waals surface area contributed by atoms with Crippen LogP contribution in [0.2, 0.25) is 0 Å². The van der Waals surface area contributed by atoms with Crippen LogP contribution in [0.25, 0.3) is 0 Å². The average Bonchev–Trinajstić information content (AvgIpc) is 2.37. The summed E-state index contributed by atoms with van der Waals surface area (Å²) >= 11 is 0. The molecule has 0 radical (unpaired) electrons. The molecule has 2 unspecified atom stereocenters. The summed E-state index contributed by atoms with van der Waals surface area (Å²) in [5.41, 5.74) is 1.46. The van der Waals surface area contributed by atoms with Crippen LogP contribution >= 0.6 is 0 Å². The molecule has 2 aromatic rings. The Morgan fingerprint density at radius 2 is 1.50 bits per heavy atom. The minimum absolute atomic E-state index is 0.0524. The lowest BCUT2D eigenvalue weighted by molar-refractivity contribution is 0.465. The van der Waals surface area contributed by atoms with Gasteiger partial charge < -0.3 is 10.4 Å². The van der Waals surface area contributed by atoms with E-state index < -0.39 is 11.6 Å². The Morgan fingerprint density at radius 1 is 0.900 bits per heavy atom. The van der Waals surface area contributed by atoms with E-state index in [4.69, 9.17) is 0 Å². The number of benzene rings is 2. The smallest absolute Gasteiger partial charge is 0.126 e. The molecule has 2 aromatic carbocycles. The second kappa shape index (κ2) is 6.01. The molecule has 0 aromatic heterocycles. The quantitative estimate of drug-likeness (QED) is 0.882. The molecule has 0 saturated carbocycles. The van der Waals surface area contributed by atoms with E-state index in [2.05, 4.69) is 5.32 Å². The van der Waals surface area contributed by atoms with Gasteiger partial charge in [0, 0.05) is 18.2 Å². The standard InChI is InChI=1S/C16H17F2NO/c1-10(12-4-3-5-16(20)8-12)19-11(2)13-6-14(17)9-15(18)7-13/h3-11,19-20H,1-2H3. The second-order valence-corrected chi connectivity index (χ2v) is 4.91. The van der Waals surface area contributed by atoms with Crippen molar-refractivity contribution in [3.63, 3.8) is 0 Å². The lowest BCUT2D eigenvalue weighted by Gasteiger charge is -2.21. The zero-order chi connectivity index (χ0) is 14.7. The highest BCUT2D eigenvalue weighted by Crippen LogP contribution is 2.22. The van der Waals surface area contributed by atoms with Gasteiger partial charge in [0.25, 0.3) is 0 Å². The normalized spacial score (nSPS) is 14.0. The molecular formula is C16H17F2NO. The van der Waals surface area contributed by atoms with Crippen LogP contribution in [0.15, 0.2) is 42.5 Å². The number of nitrogens with one attached hydrogen (secondary N) is 1. The van der Waals surface area contributed by atoms with Crippen LogP contribution in [0.4, 0.5) is 8.78 Å². The lowest BCUT2D eigenvalue weighted by Crippen LogP contribution is -2.22. The van der Waals surface area contributed by atoms with Crippen molar-refractivity contribution in [3.8, 4) is 5.75 Å². The first kappa shape index (κ1) is 14.5. The first-order chi connectivity index (χ1) is 9.45. The molecule has 2 N–H and O–H groups in total. The Morgan fingerprint density at radius 3 is 2.10 bits per heavy atom. The van der Waals surface area contributed by atoms with E-state index in [0.29, 0.717) is 5.56 Å². The number of halogens is 2. The molecule has 0 heterocycles. The third-order valence-electron chi connectivity index (χ3n) is 3.26. The highest BCUT2D eigenvalue weighted by atomic mass is 19.1. The molecule has 0 fully saturated rings. The molecular weight excluding hydrogens is 260 g/mol. The van der Waals surface area contributed by atoms with Gasteiger partial charge >= 0.3 is 0 Å². The van der Waals surface area contributed by atoms with E-state index in [0.717, 1.165) is 11.6 Å². The number of rotatable bonds is 4. The van der Waals surface area contributed by atoms with Gasteiger partial charge in [-0.25, -0.2) is 8.78 Å². The Kier molecular flexibility index (Phi) is 4.35. The average molecular weight is 277 g/mol. The molecule has 4 heteroatoms. The molecule has 2 rings (SSSR count). The Hall–Kier alpha value is -1.94. The molecule has 0 aliphatic heterocycles. The van der Waals surface area contributed by atoms with Gasteiger partial charge in [-0.2, -0.15) is 0 Å². The summed E-state index contributed by atoms with van der Waals surface area (Å²) < 4.78 is 26.4. The summed E-state index contributed by atoms with van der Waals surface area (Å²) in [5, 5.41) is 12.7. The molecule has 0 amide bonds. The van der Waals surface area contributed by atoms with Gasteiger partial charge in [-0.15, -0.1) is 0 Å². The van der Waals surface area contributed by atoms with E-state index in [1.165, 1.54) is 12.1 Å². The minimum atomic E-state index is -0.585. The highest BCUT2D eigenvalue weighted by molar-refractivity contribution is 5.29. The van der Waals surface area contributed by atoms with Gasteiger partial charge in [-0.3, -0.25) is 0 Å². The van der Waals surface area contributed by atoms with Crippen molar-refractivity contribution < 1.29 is 13.9 Å². The third kappa shape index (κ3) is 3.54. The van der Waals surface area contributed by atoms with Crippen LogP contribution in [0.1, 0.15) is 37.1 Å². The topological polar surface area (TPSA) is 32.3 Å². The summed E-state index contributed by atoms with van der Waals surface area (Å²) in [5.74, 6) is -0.974. The second-order valence-electron chi connectivity index (χ2n) is 4.91. The monoisotopic (exact) mass is 277 g/mol. The fourth-order valence-corrected chi connectivity index (χ4v) is 2.19. The Bertz CT molecular complexity index is 581. The van der Waals surface area contributed by atoms with Gasteiger partial charge in [-0.1, -0.05) is 12.1 Å². The largest absolute Gasteiger partial charge is 0.508 e.